The van der Waals surface area contributed by atoms with Crippen LogP contribution < -0.4 is 0 Å². The Hall–Kier alpha value is -2.35. The first-order valence-electron chi connectivity index (χ1n) is 6.76. The zero-order valence-electron chi connectivity index (χ0n) is 12.3. The summed E-state index contributed by atoms with van der Waals surface area (Å²) >= 11 is 0. The molecule has 1 aromatic carbocycles. The molecule has 102 valence electrons. The van der Waals surface area contributed by atoms with Crippen LogP contribution >= 0.6 is 0 Å². The van der Waals surface area contributed by atoms with Crippen molar-refractivity contribution in [2.75, 3.05) is 0 Å². The molecule has 0 N–H and O–H groups in total. The average molecular weight is 264 g/mol. The van der Waals surface area contributed by atoms with Crippen LogP contribution in [0.25, 0.3) is 11.3 Å². The maximum atomic E-state index is 4.77. The highest BCUT2D eigenvalue weighted by Crippen LogP contribution is 2.24. The lowest BCUT2D eigenvalue weighted by atomic mass is 10.1. The van der Waals surface area contributed by atoms with Gasteiger partial charge in [-0.15, -0.1) is 0 Å². The Morgan fingerprint density at radius 3 is 2.50 bits per heavy atom. The van der Waals surface area contributed by atoms with Crippen LogP contribution in [-0.4, -0.2) is 9.78 Å². The van der Waals surface area contributed by atoms with Gasteiger partial charge in [0.25, 0.3) is 0 Å². The quantitative estimate of drug-likeness (QED) is 0.736. The topological polar surface area (TPSA) is 17.8 Å². The molecule has 20 heavy (non-hydrogen) atoms. The zero-order chi connectivity index (χ0) is 14.5. The van der Waals surface area contributed by atoms with E-state index >= 15 is 0 Å². The summed E-state index contributed by atoms with van der Waals surface area (Å²) in [7, 11) is 0. The maximum absolute atomic E-state index is 4.77. The van der Waals surface area contributed by atoms with Gasteiger partial charge in [0.1, 0.15) is 0 Å². The lowest BCUT2D eigenvalue weighted by Gasteiger charge is -2.03. The number of hydrogen-bond acceptors (Lipinski definition) is 1. The van der Waals surface area contributed by atoms with Gasteiger partial charge in [-0.25, -0.2) is 4.68 Å². The third-order valence-corrected chi connectivity index (χ3v) is 3.41. The van der Waals surface area contributed by atoms with Crippen LogP contribution in [-0.2, 0) is 0 Å². The molecule has 2 heteroatoms. The number of allylic oxidation sites excluding steroid dienone is 5. The second-order valence-corrected chi connectivity index (χ2v) is 4.65. The van der Waals surface area contributed by atoms with Gasteiger partial charge in [0, 0.05) is 5.69 Å². The molecule has 0 aliphatic heterocycles. The SMILES string of the molecule is C=C/C=C\C(=C/C)c1nn(-c2ccccc2)c(C)c1C. The van der Waals surface area contributed by atoms with Crippen LogP contribution in [0.3, 0.4) is 0 Å². The zero-order valence-corrected chi connectivity index (χ0v) is 12.3. The van der Waals surface area contributed by atoms with Gasteiger partial charge in [0.05, 0.1) is 11.4 Å². The molecule has 0 aliphatic carbocycles. The molecular formula is C18H20N2. The number of hydrogen-bond donors (Lipinski definition) is 0. The van der Waals surface area contributed by atoms with E-state index in [1.54, 1.807) is 6.08 Å². The van der Waals surface area contributed by atoms with E-state index in [2.05, 4.69) is 38.6 Å². The van der Waals surface area contributed by atoms with Gasteiger partial charge in [-0.3, -0.25) is 0 Å². The fraction of sp³-hybridized carbons (Fsp3) is 0.167. The largest absolute Gasteiger partial charge is 0.237 e. The summed E-state index contributed by atoms with van der Waals surface area (Å²) in [6, 6.07) is 10.2. The summed E-state index contributed by atoms with van der Waals surface area (Å²) < 4.78 is 2.00. The van der Waals surface area contributed by atoms with Crippen molar-refractivity contribution in [3.05, 3.63) is 78.2 Å². The Labute approximate surface area is 120 Å². The van der Waals surface area contributed by atoms with E-state index in [1.165, 1.54) is 5.56 Å². The highest BCUT2D eigenvalue weighted by molar-refractivity contribution is 5.74. The van der Waals surface area contributed by atoms with E-state index in [0.29, 0.717) is 0 Å². The highest BCUT2D eigenvalue weighted by Gasteiger charge is 2.13. The summed E-state index contributed by atoms with van der Waals surface area (Å²) in [6.45, 7) is 9.95. The predicted octanol–water partition coefficient (Wildman–Crippen LogP) is 4.63. The Bertz CT molecular complexity index is 658. The molecule has 0 unspecified atom stereocenters. The Balaban J connectivity index is 2.53. The molecule has 2 rings (SSSR count). The van der Waals surface area contributed by atoms with Gasteiger partial charge < -0.3 is 0 Å². The van der Waals surface area contributed by atoms with Crippen LogP contribution in [0.2, 0.25) is 0 Å². The summed E-state index contributed by atoms with van der Waals surface area (Å²) in [5.41, 5.74) is 5.59. The van der Waals surface area contributed by atoms with Crippen molar-refractivity contribution in [2.24, 2.45) is 0 Å². The van der Waals surface area contributed by atoms with E-state index in [1.807, 2.05) is 42.0 Å². The van der Waals surface area contributed by atoms with E-state index in [0.717, 1.165) is 22.6 Å². The summed E-state index contributed by atoms with van der Waals surface area (Å²) in [5.74, 6) is 0. The van der Waals surface area contributed by atoms with Crippen LogP contribution in [0.15, 0.2) is 61.2 Å². The van der Waals surface area contributed by atoms with Crippen molar-refractivity contribution >= 4 is 5.57 Å². The van der Waals surface area contributed by atoms with Gasteiger partial charge in [-0.2, -0.15) is 5.10 Å². The smallest absolute Gasteiger partial charge is 0.0956 e. The molecule has 2 nitrogen and oxygen atoms in total. The first-order valence-corrected chi connectivity index (χ1v) is 6.76. The molecule has 0 fully saturated rings. The number of rotatable bonds is 4. The number of aromatic nitrogens is 2. The van der Waals surface area contributed by atoms with Crippen molar-refractivity contribution in [1.29, 1.82) is 0 Å². The molecule has 0 spiro atoms. The van der Waals surface area contributed by atoms with Gasteiger partial charge >= 0.3 is 0 Å². The third-order valence-electron chi connectivity index (χ3n) is 3.41. The molecule has 1 heterocycles. The maximum Gasteiger partial charge on any atom is 0.0956 e. The van der Waals surface area contributed by atoms with Gasteiger partial charge in [0.2, 0.25) is 0 Å². The molecule has 1 aromatic heterocycles. The molecular weight excluding hydrogens is 244 g/mol. The second kappa shape index (κ2) is 6.20. The summed E-state index contributed by atoms with van der Waals surface area (Å²) in [4.78, 5) is 0. The standard InChI is InChI=1S/C18H20N2/c1-5-7-11-16(6-2)18-14(3)15(4)20(19-18)17-12-9-8-10-13-17/h5-13H,1H2,2-4H3/b11-7-,16-6+. The van der Waals surface area contributed by atoms with Crippen molar-refractivity contribution in [3.8, 4) is 5.69 Å². The van der Waals surface area contributed by atoms with Gasteiger partial charge in [-0.05, 0) is 44.0 Å². The molecule has 0 aliphatic rings. The van der Waals surface area contributed by atoms with E-state index in [-0.39, 0.29) is 0 Å². The fourth-order valence-corrected chi connectivity index (χ4v) is 2.16. The van der Waals surface area contributed by atoms with Crippen LogP contribution in [0.5, 0.6) is 0 Å². The van der Waals surface area contributed by atoms with Gasteiger partial charge in [0.15, 0.2) is 0 Å². The van der Waals surface area contributed by atoms with E-state index < -0.39 is 0 Å². The molecule has 0 bridgehead atoms. The molecule has 2 aromatic rings. The van der Waals surface area contributed by atoms with Crippen molar-refractivity contribution in [2.45, 2.75) is 20.8 Å². The van der Waals surface area contributed by atoms with Crippen LogP contribution in [0.1, 0.15) is 23.9 Å². The van der Waals surface area contributed by atoms with E-state index in [9.17, 15) is 0 Å². The molecule has 0 atom stereocenters. The van der Waals surface area contributed by atoms with Crippen LogP contribution in [0, 0.1) is 13.8 Å². The first kappa shape index (κ1) is 14.1. The van der Waals surface area contributed by atoms with E-state index in [4.69, 9.17) is 5.10 Å². The van der Waals surface area contributed by atoms with Crippen molar-refractivity contribution in [3.63, 3.8) is 0 Å². The van der Waals surface area contributed by atoms with Crippen molar-refractivity contribution in [1.82, 2.24) is 9.78 Å². The minimum absolute atomic E-state index is 1.02. The normalized spacial score (nSPS) is 12.1. The lowest BCUT2D eigenvalue weighted by molar-refractivity contribution is 0.841. The Morgan fingerprint density at radius 2 is 1.90 bits per heavy atom. The fourth-order valence-electron chi connectivity index (χ4n) is 2.16. The first-order chi connectivity index (χ1) is 9.69. The molecule has 0 saturated carbocycles. The molecule has 0 amide bonds. The van der Waals surface area contributed by atoms with Crippen LogP contribution in [0.4, 0.5) is 0 Å². The summed E-state index contributed by atoms with van der Waals surface area (Å²) in [6.07, 6.45) is 7.83. The summed E-state index contributed by atoms with van der Waals surface area (Å²) in [5, 5.41) is 4.77. The second-order valence-electron chi connectivity index (χ2n) is 4.65. The number of benzene rings is 1. The minimum atomic E-state index is 1.02. The Kier molecular flexibility index (Phi) is 4.36. The van der Waals surface area contributed by atoms with Gasteiger partial charge in [-0.1, -0.05) is 49.1 Å². The molecule has 0 radical (unpaired) electrons. The highest BCUT2D eigenvalue weighted by atomic mass is 15.3. The number of para-hydroxylation sites is 1. The predicted molar refractivity (Wildman–Crippen MR) is 86.0 cm³/mol. The monoisotopic (exact) mass is 264 g/mol. The third kappa shape index (κ3) is 2.64. The minimum Gasteiger partial charge on any atom is -0.237 e. The molecule has 0 saturated heterocycles. The lowest BCUT2D eigenvalue weighted by Crippen LogP contribution is -1.98. The average Bonchev–Trinajstić information content (AvgIpc) is 2.78. The number of nitrogens with zero attached hydrogens (tertiary/aromatic N) is 2. The van der Waals surface area contributed by atoms with Crippen molar-refractivity contribution < 1.29 is 0 Å². The Morgan fingerprint density at radius 1 is 1.20 bits per heavy atom.